The van der Waals surface area contributed by atoms with Crippen molar-refractivity contribution < 1.29 is 4.74 Å². The fourth-order valence-corrected chi connectivity index (χ4v) is 3.43. The van der Waals surface area contributed by atoms with Crippen LogP contribution in [0.1, 0.15) is 49.8 Å². The molecule has 1 saturated carbocycles. The molecule has 1 aliphatic heterocycles. The van der Waals surface area contributed by atoms with Gasteiger partial charge in [-0.3, -0.25) is 0 Å². The standard InChI is InChI=1S/C16H23NO/c1-12(13-6-2-3-7-13)17-16-11-18-10-14-8-4-5-9-15(14)16/h4-5,8-9,12-13,16-17H,2-3,6-7,10-11H2,1H3/t12-,16?/m0/s1. The van der Waals surface area contributed by atoms with Crippen LogP contribution in [0.2, 0.25) is 0 Å². The smallest absolute Gasteiger partial charge is 0.0721 e. The second kappa shape index (κ2) is 5.41. The van der Waals surface area contributed by atoms with Crippen molar-refractivity contribution >= 4 is 0 Å². The summed E-state index contributed by atoms with van der Waals surface area (Å²) in [6.45, 7) is 3.92. The fraction of sp³-hybridized carbons (Fsp3) is 0.625. The van der Waals surface area contributed by atoms with E-state index in [1.165, 1.54) is 36.8 Å². The lowest BCUT2D eigenvalue weighted by Gasteiger charge is -2.31. The van der Waals surface area contributed by atoms with E-state index in [2.05, 4.69) is 36.5 Å². The molecule has 2 heteroatoms. The van der Waals surface area contributed by atoms with Gasteiger partial charge < -0.3 is 10.1 Å². The zero-order chi connectivity index (χ0) is 12.4. The van der Waals surface area contributed by atoms with Crippen molar-refractivity contribution in [2.24, 2.45) is 5.92 Å². The van der Waals surface area contributed by atoms with E-state index in [0.29, 0.717) is 12.1 Å². The minimum atomic E-state index is 0.380. The Kier molecular flexibility index (Phi) is 3.67. The summed E-state index contributed by atoms with van der Waals surface area (Å²) >= 11 is 0. The molecular formula is C16H23NO. The molecule has 2 atom stereocenters. The van der Waals surface area contributed by atoms with E-state index in [-0.39, 0.29) is 0 Å². The number of benzene rings is 1. The first-order chi connectivity index (χ1) is 8.84. The topological polar surface area (TPSA) is 21.3 Å². The number of hydrogen-bond donors (Lipinski definition) is 1. The van der Waals surface area contributed by atoms with Gasteiger partial charge in [0.15, 0.2) is 0 Å². The lowest BCUT2D eigenvalue weighted by atomic mass is 9.95. The lowest BCUT2D eigenvalue weighted by Crippen LogP contribution is -2.39. The number of nitrogens with one attached hydrogen (secondary N) is 1. The van der Waals surface area contributed by atoms with Crippen LogP contribution < -0.4 is 5.32 Å². The Morgan fingerprint density at radius 1 is 1.22 bits per heavy atom. The highest BCUT2D eigenvalue weighted by atomic mass is 16.5. The molecule has 3 rings (SSSR count). The predicted molar refractivity (Wildman–Crippen MR) is 73.4 cm³/mol. The minimum Gasteiger partial charge on any atom is -0.375 e. The van der Waals surface area contributed by atoms with E-state index in [1.54, 1.807) is 0 Å². The molecule has 18 heavy (non-hydrogen) atoms. The maximum absolute atomic E-state index is 5.71. The van der Waals surface area contributed by atoms with Crippen molar-refractivity contribution in [2.75, 3.05) is 6.61 Å². The zero-order valence-electron chi connectivity index (χ0n) is 11.2. The van der Waals surface area contributed by atoms with Gasteiger partial charge in [0.2, 0.25) is 0 Å². The minimum absolute atomic E-state index is 0.380. The molecule has 1 aromatic carbocycles. The third kappa shape index (κ3) is 2.45. The summed E-state index contributed by atoms with van der Waals surface area (Å²) in [5.41, 5.74) is 2.79. The van der Waals surface area contributed by atoms with E-state index < -0.39 is 0 Å². The van der Waals surface area contributed by atoms with Crippen molar-refractivity contribution in [3.05, 3.63) is 35.4 Å². The first kappa shape index (κ1) is 12.2. The number of fused-ring (bicyclic) bond motifs is 1. The van der Waals surface area contributed by atoms with Crippen LogP contribution in [0, 0.1) is 5.92 Å². The number of rotatable bonds is 3. The molecule has 1 heterocycles. The van der Waals surface area contributed by atoms with E-state index in [1.807, 2.05) is 0 Å². The first-order valence-electron chi connectivity index (χ1n) is 7.26. The van der Waals surface area contributed by atoms with Crippen molar-refractivity contribution in [3.8, 4) is 0 Å². The summed E-state index contributed by atoms with van der Waals surface area (Å²) in [6, 6.07) is 9.66. The molecule has 1 aliphatic carbocycles. The second-order valence-electron chi connectivity index (χ2n) is 5.77. The fourth-order valence-electron chi connectivity index (χ4n) is 3.43. The summed E-state index contributed by atoms with van der Waals surface area (Å²) in [7, 11) is 0. The van der Waals surface area contributed by atoms with Gasteiger partial charge >= 0.3 is 0 Å². The molecule has 98 valence electrons. The van der Waals surface area contributed by atoms with Gasteiger partial charge in [0.1, 0.15) is 0 Å². The molecule has 2 nitrogen and oxygen atoms in total. The highest BCUT2D eigenvalue weighted by molar-refractivity contribution is 5.31. The molecule has 0 saturated heterocycles. The summed E-state index contributed by atoms with van der Waals surface area (Å²) in [4.78, 5) is 0. The Hall–Kier alpha value is -0.860. The third-order valence-electron chi connectivity index (χ3n) is 4.54. The van der Waals surface area contributed by atoms with Gasteiger partial charge in [-0.15, -0.1) is 0 Å². The molecule has 0 radical (unpaired) electrons. The maximum atomic E-state index is 5.71. The molecule has 1 N–H and O–H groups in total. The summed E-state index contributed by atoms with van der Waals surface area (Å²) in [5, 5.41) is 3.79. The van der Waals surface area contributed by atoms with Crippen molar-refractivity contribution in [1.82, 2.24) is 5.32 Å². The monoisotopic (exact) mass is 245 g/mol. The Morgan fingerprint density at radius 3 is 2.83 bits per heavy atom. The van der Waals surface area contributed by atoms with Gasteiger partial charge in [0.25, 0.3) is 0 Å². The lowest BCUT2D eigenvalue weighted by molar-refractivity contribution is 0.0763. The highest BCUT2D eigenvalue weighted by Crippen LogP contribution is 2.30. The maximum Gasteiger partial charge on any atom is 0.0721 e. The van der Waals surface area contributed by atoms with Crippen LogP contribution in [0.4, 0.5) is 0 Å². The highest BCUT2D eigenvalue weighted by Gasteiger charge is 2.26. The van der Waals surface area contributed by atoms with Crippen molar-refractivity contribution in [1.29, 1.82) is 0 Å². The van der Waals surface area contributed by atoms with E-state index >= 15 is 0 Å². The van der Waals surface area contributed by atoms with E-state index in [9.17, 15) is 0 Å². The molecule has 1 unspecified atom stereocenters. The summed E-state index contributed by atoms with van der Waals surface area (Å²) < 4.78 is 5.71. The predicted octanol–water partition coefficient (Wildman–Crippen LogP) is 3.43. The van der Waals surface area contributed by atoms with E-state index in [4.69, 9.17) is 4.74 Å². The molecule has 1 aromatic rings. The van der Waals surface area contributed by atoms with E-state index in [0.717, 1.165) is 19.1 Å². The van der Waals surface area contributed by atoms with Gasteiger partial charge in [0, 0.05) is 6.04 Å². The quantitative estimate of drug-likeness (QED) is 0.881. The van der Waals surface area contributed by atoms with Crippen LogP contribution >= 0.6 is 0 Å². The van der Waals surface area contributed by atoms with Gasteiger partial charge in [-0.25, -0.2) is 0 Å². The average molecular weight is 245 g/mol. The van der Waals surface area contributed by atoms with Crippen LogP contribution in [0.3, 0.4) is 0 Å². The molecular weight excluding hydrogens is 222 g/mol. The summed E-state index contributed by atoms with van der Waals surface area (Å²) in [6.07, 6.45) is 5.61. The largest absolute Gasteiger partial charge is 0.375 e. The first-order valence-corrected chi connectivity index (χ1v) is 7.26. The second-order valence-corrected chi connectivity index (χ2v) is 5.77. The molecule has 0 amide bonds. The van der Waals surface area contributed by atoms with Gasteiger partial charge in [-0.1, -0.05) is 37.1 Å². The third-order valence-corrected chi connectivity index (χ3v) is 4.54. The van der Waals surface area contributed by atoms with Crippen LogP contribution in [-0.2, 0) is 11.3 Å². The average Bonchev–Trinajstić information content (AvgIpc) is 2.93. The van der Waals surface area contributed by atoms with Crippen molar-refractivity contribution in [3.63, 3.8) is 0 Å². The van der Waals surface area contributed by atoms with Gasteiger partial charge in [-0.2, -0.15) is 0 Å². The Morgan fingerprint density at radius 2 is 2.00 bits per heavy atom. The molecule has 0 spiro atoms. The molecule has 1 fully saturated rings. The van der Waals surface area contributed by atoms with Gasteiger partial charge in [0.05, 0.1) is 19.3 Å². The molecule has 2 aliphatic rings. The van der Waals surface area contributed by atoms with Crippen LogP contribution in [0.25, 0.3) is 0 Å². The Bertz CT molecular complexity index is 398. The number of ether oxygens (including phenoxy) is 1. The Labute approximate surface area is 110 Å². The van der Waals surface area contributed by atoms with Crippen LogP contribution in [0.5, 0.6) is 0 Å². The zero-order valence-corrected chi connectivity index (χ0v) is 11.2. The number of hydrogen-bond acceptors (Lipinski definition) is 2. The van der Waals surface area contributed by atoms with Crippen LogP contribution in [0.15, 0.2) is 24.3 Å². The Balaban J connectivity index is 1.70. The van der Waals surface area contributed by atoms with Crippen LogP contribution in [-0.4, -0.2) is 12.6 Å². The van der Waals surface area contributed by atoms with Crippen molar-refractivity contribution in [2.45, 2.75) is 51.3 Å². The normalized spacial score (nSPS) is 25.9. The molecule has 0 bridgehead atoms. The SMILES string of the molecule is C[C@H](NC1COCc2ccccc21)C1CCCC1. The van der Waals surface area contributed by atoms with Gasteiger partial charge in [-0.05, 0) is 36.8 Å². The molecule has 0 aromatic heterocycles. The summed E-state index contributed by atoms with van der Waals surface area (Å²) in [5.74, 6) is 0.860.